The second-order valence-electron chi connectivity index (χ2n) is 5.32. The van der Waals surface area contributed by atoms with Crippen LogP contribution in [0.2, 0.25) is 0 Å². The van der Waals surface area contributed by atoms with Gasteiger partial charge in [-0.05, 0) is 50.1 Å². The highest BCUT2D eigenvalue weighted by Gasteiger charge is 2.20. The molecule has 1 aliphatic carbocycles. The van der Waals surface area contributed by atoms with Crippen LogP contribution in [0.1, 0.15) is 26.2 Å². The Morgan fingerprint density at radius 3 is 2.52 bits per heavy atom. The quantitative estimate of drug-likeness (QED) is 0.707. The number of benzene rings is 1. The Labute approximate surface area is 127 Å². The molecule has 0 heterocycles. The zero-order valence-corrected chi connectivity index (χ0v) is 13.5. The molecule has 0 atom stereocenters. The van der Waals surface area contributed by atoms with Crippen molar-refractivity contribution >= 4 is 10.0 Å². The number of hydrogen-bond acceptors (Lipinski definition) is 4. The van der Waals surface area contributed by atoms with Crippen LogP contribution < -0.4 is 10.1 Å². The number of rotatable bonds is 9. The summed E-state index contributed by atoms with van der Waals surface area (Å²) in [6.45, 7) is 3.87. The van der Waals surface area contributed by atoms with Crippen molar-refractivity contribution in [1.82, 2.24) is 9.62 Å². The minimum Gasteiger partial charge on any atom is -0.494 e. The van der Waals surface area contributed by atoms with Crippen molar-refractivity contribution in [2.75, 3.05) is 26.7 Å². The normalized spacial score (nSPS) is 15.4. The highest BCUT2D eigenvalue weighted by atomic mass is 32.2. The molecule has 0 saturated heterocycles. The number of sulfonamides is 1. The van der Waals surface area contributed by atoms with Crippen LogP contribution in [0, 0.1) is 0 Å². The van der Waals surface area contributed by atoms with Gasteiger partial charge in [0.05, 0.1) is 11.5 Å². The van der Waals surface area contributed by atoms with Gasteiger partial charge in [0, 0.05) is 19.6 Å². The molecule has 0 spiro atoms. The summed E-state index contributed by atoms with van der Waals surface area (Å²) in [5.41, 5.74) is 0. The summed E-state index contributed by atoms with van der Waals surface area (Å²) in [6.07, 6.45) is 3.54. The van der Waals surface area contributed by atoms with Gasteiger partial charge in [0.2, 0.25) is 10.0 Å². The average Bonchev–Trinajstić information content (AvgIpc) is 3.30. The number of ether oxygens (including phenoxy) is 1. The van der Waals surface area contributed by atoms with E-state index in [0.717, 1.165) is 19.0 Å². The number of nitrogens with zero attached hydrogens (tertiary/aromatic N) is 1. The van der Waals surface area contributed by atoms with E-state index >= 15 is 0 Å². The molecule has 0 amide bonds. The molecular weight excluding hydrogens is 288 g/mol. The van der Waals surface area contributed by atoms with Crippen molar-refractivity contribution in [2.24, 2.45) is 0 Å². The molecule has 2 rings (SSSR count). The minimum atomic E-state index is -3.37. The Morgan fingerprint density at radius 2 is 1.95 bits per heavy atom. The molecule has 118 valence electrons. The van der Waals surface area contributed by atoms with Crippen LogP contribution in [0.5, 0.6) is 5.75 Å². The molecule has 0 radical (unpaired) electrons. The van der Waals surface area contributed by atoms with Crippen LogP contribution in [0.3, 0.4) is 0 Å². The lowest BCUT2D eigenvalue weighted by molar-refractivity contribution is 0.308. The Kier molecular flexibility index (Phi) is 5.61. The molecule has 0 bridgehead atoms. The summed E-state index contributed by atoms with van der Waals surface area (Å²) in [5, 5.41) is 3.43. The van der Waals surface area contributed by atoms with Gasteiger partial charge >= 0.3 is 0 Å². The van der Waals surface area contributed by atoms with Gasteiger partial charge < -0.3 is 10.1 Å². The van der Waals surface area contributed by atoms with E-state index in [1.807, 2.05) is 6.92 Å². The topological polar surface area (TPSA) is 58.6 Å². The van der Waals surface area contributed by atoms with Crippen molar-refractivity contribution in [3.63, 3.8) is 0 Å². The maximum absolute atomic E-state index is 12.1. The SMILES string of the molecule is CCN(C)S(=O)(=O)c1ccc(OCCCNC2CC2)cc1. The first-order valence-corrected chi connectivity index (χ1v) is 8.90. The van der Waals surface area contributed by atoms with Gasteiger partial charge in [0.25, 0.3) is 0 Å². The third-order valence-electron chi connectivity index (χ3n) is 3.58. The number of hydrogen-bond donors (Lipinski definition) is 1. The van der Waals surface area contributed by atoms with Crippen LogP contribution in [0.25, 0.3) is 0 Å². The van der Waals surface area contributed by atoms with E-state index in [-0.39, 0.29) is 0 Å². The Balaban J connectivity index is 1.80. The molecule has 1 saturated carbocycles. The van der Waals surface area contributed by atoms with E-state index in [1.165, 1.54) is 17.1 Å². The van der Waals surface area contributed by atoms with E-state index in [9.17, 15) is 8.42 Å². The Hall–Kier alpha value is -1.11. The van der Waals surface area contributed by atoms with Gasteiger partial charge in [-0.2, -0.15) is 0 Å². The van der Waals surface area contributed by atoms with Crippen molar-refractivity contribution in [2.45, 2.75) is 37.1 Å². The molecule has 1 aromatic rings. The second kappa shape index (κ2) is 7.24. The van der Waals surface area contributed by atoms with Crippen LogP contribution in [-0.2, 0) is 10.0 Å². The van der Waals surface area contributed by atoms with E-state index in [0.29, 0.717) is 23.8 Å². The molecular formula is C15H24N2O3S. The van der Waals surface area contributed by atoms with Crippen molar-refractivity contribution in [3.8, 4) is 5.75 Å². The van der Waals surface area contributed by atoms with Crippen LogP contribution >= 0.6 is 0 Å². The van der Waals surface area contributed by atoms with Gasteiger partial charge in [-0.25, -0.2) is 12.7 Å². The minimum absolute atomic E-state index is 0.301. The Bertz CT molecular complexity index is 539. The lowest BCUT2D eigenvalue weighted by Gasteiger charge is -2.15. The van der Waals surface area contributed by atoms with Crippen molar-refractivity contribution < 1.29 is 13.2 Å². The average molecular weight is 312 g/mol. The first kappa shape index (κ1) is 16.3. The fourth-order valence-electron chi connectivity index (χ4n) is 1.91. The van der Waals surface area contributed by atoms with Gasteiger partial charge in [0.1, 0.15) is 5.75 Å². The van der Waals surface area contributed by atoms with Crippen LogP contribution in [0.4, 0.5) is 0 Å². The van der Waals surface area contributed by atoms with E-state index in [1.54, 1.807) is 31.3 Å². The lowest BCUT2D eigenvalue weighted by atomic mass is 10.3. The first-order valence-electron chi connectivity index (χ1n) is 7.46. The van der Waals surface area contributed by atoms with E-state index in [2.05, 4.69) is 5.32 Å². The lowest BCUT2D eigenvalue weighted by Crippen LogP contribution is -2.26. The second-order valence-corrected chi connectivity index (χ2v) is 7.37. The third kappa shape index (κ3) is 4.69. The zero-order chi connectivity index (χ0) is 15.3. The standard InChI is InChI=1S/C15H24N2O3S/c1-3-17(2)21(18,19)15-9-7-14(8-10-15)20-12-4-11-16-13-5-6-13/h7-10,13,16H,3-6,11-12H2,1-2H3. The van der Waals surface area contributed by atoms with E-state index < -0.39 is 10.0 Å². The highest BCUT2D eigenvalue weighted by molar-refractivity contribution is 7.89. The predicted octanol–water partition coefficient (Wildman–Crippen LogP) is 1.85. The monoisotopic (exact) mass is 312 g/mol. The van der Waals surface area contributed by atoms with Crippen molar-refractivity contribution in [3.05, 3.63) is 24.3 Å². The van der Waals surface area contributed by atoms with Crippen LogP contribution in [-0.4, -0.2) is 45.5 Å². The number of nitrogens with one attached hydrogen (secondary N) is 1. The summed E-state index contributed by atoms with van der Waals surface area (Å²) in [6, 6.07) is 7.35. The van der Waals surface area contributed by atoms with Gasteiger partial charge in [-0.3, -0.25) is 0 Å². The fraction of sp³-hybridized carbons (Fsp3) is 0.600. The van der Waals surface area contributed by atoms with Crippen LogP contribution in [0.15, 0.2) is 29.2 Å². The summed E-state index contributed by atoms with van der Waals surface area (Å²) in [4.78, 5) is 0.301. The molecule has 0 unspecified atom stereocenters. The Morgan fingerprint density at radius 1 is 1.29 bits per heavy atom. The molecule has 1 aliphatic rings. The molecule has 1 aromatic carbocycles. The summed E-state index contributed by atoms with van der Waals surface area (Å²) in [7, 11) is -1.79. The summed E-state index contributed by atoms with van der Waals surface area (Å²) in [5.74, 6) is 0.708. The largest absolute Gasteiger partial charge is 0.494 e. The first-order chi connectivity index (χ1) is 10.0. The maximum Gasteiger partial charge on any atom is 0.242 e. The van der Waals surface area contributed by atoms with Gasteiger partial charge in [-0.1, -0.05) is 6.92 Å². The predicted molar refractivity (Wildman–Crippen MR) is 83.1 cm³/mol. The van der Waals surface area contributed by atoms with Crippen molar-refractivity contribution in [1.29, 1.82) is 0 Å². The van der Waals surface area contributed by atoms with E-state index in [4.69, 9.17) is 4.74 Å². The molecule has 0 aliphatic heterocycles. The molecule has 6 heteroatoms. The molecule has 0 aromatic heterocycles. The van der Waals surface area contributed by atoms with Gasteiger partial charge in [0.15, 0.2) is 0 Å². The van der Waals surface area contributed by atoms with Gasteiger partial charge in [-0.15, -0.1) is 0 Å². The molecule has 5 nitrogen and oxygen atoms in total. The summed E-state index contributed by atoms with van der Waals surface area (Å²) < 4.78 is 31.2. The molecule has 1 fully saturated rings. The third-order valence-corrected chi connectivity index (χ3v) is 5.52. The molecule has 21 heavy (non-hydrogen) atoms. The molecule has 1 N–H and O–H groups in total. The zero-order valence-electron chi connectivity index (χ0n) is 12.7. The fourth-order valence-corrected chi connectivity index (χ4v) is 3.09. The maximum atomic E-state index is 12.1. The highest BCUT2D eigenvalue weighted by Crippen LogP contribution is 2.19. The summed E-state index contributed by atoms with van der Waals surface area (Å²) >= 11 is 0. The smallest absolute Gasteiger partial charge is 0.242 e.